The summed E-state index contributed by atoms with van der Waals surface area (Å²) in [5.74, 6) is 0.954. The summed E-state index contributed by atoms with van der Waals surface area (Å²) in [6, 6.07) is 16.2. The molecule has 0 saturated carbocycles. The monoisotopic (exact) mass is 360 g/mol. The Labute approximate surface area is 155 Å². The first-order chi connectivity index (χ1) is 11.8. The van der Waals surface area contributed by atoms with Crippen LogP contribution in [0.4, 0.5) is 0 Å². The lowest BCUT2D eigenvalue weighted by Gasteiger charge is -2.22. The molecule has 0 radical (unpaired) electrons. The Kier molecular flexibility index (Phi) is 7.29. The van der Waals surface area contributed by atoms with Gasteiger partial charge in [0.1, 0.15) is 5.75 Å². The van der Waals surface area contributed by atoms with Crippen LogP contribution in [0.5, 0.6) is 5.75 Å². The van der Waals surface area contributed by atoms with Crippen molar-refractivity contribution >= 4 is 18.3 Å². The van der Waals surface area contributed by atoms with Crippen LogP contribution in [0.1, 0.15) is 24.8 Å². The molecule has 1 saturated heterocycles. The van der Waals surface area contributed by atoms with E-state index in [4.69, 9.17) is 4.74 Å². The number of nitrogens with one attached hydrogen (secondary N) is 2. The molecule has 0 aliphatic carbocycles. The van der Waals surface area contributed by atoms with Gasteiger partial charge in [0, 0.05) is 6.54 Å². The minimum atomic E-state index is -0.0326. The highest BCUT2D eigenvalue weighted by Gasteiger charge is 2.19. The number of hydrogen-bond donors (Lipinski definition) is 2. The third-order valence-electron chi connectivity index (χ3n) is 4.45. The Morgan fingerprint density at radius 2 is 1.96 bits per heavy atom. The molecule has 1 aliphatic rings. The van der Waals surface area contributed by atoms with Crippen molar-refractivity contribution in [2.24, 2.45) is 0 Å². The minimum absolute atomic E-state index is 0. The van der Waals surface area contributed by atoms with E-state index in [1.807, 2.05) is 18.2 Å². The van der Waals surface area contributed by atoms with Gasteiger partial charge in [-0.2, -0.15) is 0 Å². The summed E-state index contributed by atoms with van der Waals surface area (Å²) >= 11 is 0. The van der Waals surface area contributed by atoms with Crippen LogP contribution in [0.2, 0.25) is 0 Å². The van der Waals surface area contributed by atoms with Crippen molar-refractivity contribution in [3.63, 3.8) is 0 Å². The first-order valence-electron chi connectivity index (χ1n) is 8.51. The van der Waals surface area contributed by atoms with E-state index in [1.165, 1.54) is 0 Å². The van der Waals surface area contributed by atoms with Gasteiger partial charge in [0.25, 0.3) is 0 Å². The van der Waals surface area contributed by atoms with Crippen LogP contribution in [0.3, 0.4) is 0 Å². The third-order valence-corrected chi connectivity index (χ3v) is 4.45. The van der Waals surface area contributed by atoms with Crippen LogP contribution < -0.4 is 15.4 Å². The van der Waals surface area contributed by atoms with Crippen molar-refractivity contribution < 1.29 is 9.53 Å². The molecule has 1 unspecified atom stereocenters. The number of benzene rings is 2. The van der Waals surface area contributed by atoms with Gasteiger partial charge in [0.2, 0.25) is 5.91 Å². The quantitative estimate of drug-likeness (QED) is 0.857. The topological polar surface area (TPSA) is 50.4 Å². The Balaban J connectivity index is 0.00000225. The zero-order chi connectivity index (χ0) is 16.8. The predicted molar refractivity (Wildman–Crippen MR) is 103 cm³/mol. The highest BCUT2D eigenvalue weighted by atomic mass is 35.5. The van der Waals surface area contributed by atoms with Gasteiger partial charge in [-0.25, -0.2) is 0 Å². The average molecular weight is 361 g/mol. The molecule has 134 valence electrons. The van der Waals surface area contributed by atoms with E-state index in [0.29, 0.717) is 6.54 Å². The molecule has 5 heteroatoms. The van der Waals surface area contributed by atoms with E-state index >= 15 is 0 Å². The van der Waals surface area contributed by atoms with Gasteiger partial charge in [-0.15, -0.1) is 12.4 Å². The lowest BCUT2D eigenvalue weighted by molar-refractivity contribution is -0.123. The Bertz CT molecular complexity index is 682. The number of piperidine rings is 1. The molecule has 1 aliphatic heterocycles. The Morgan fingerprint density at radius 1 is 1.16 bits per heavy atom. The second kappa shape index (κ2) is 9.44. The summed E-state index contributed by atoms with van der Waals surface area (Å²) < 4.78 is 5.27. The van der Waals surface area contributed by atoms with Gasteiger partial charge < -0.3 is 15.4 Å². The highest BCUT2D eigenvalue weighted by molar-refractivity contribution is 5.85. The molecular weight excluding hydrogens is 336 g/mol. The van der Waals surface area contributed by atoms with E-state index in [9.17, 15) is 4.79 Å². The number of carbonyl (C=O) groups is 1. The maximum absolute atomic E-state index is 12.1. The van der Waals surface area contributed by atoms with Crippen molar-refractivity contribution in [3.8, 4) is 16.9 Å². The molecule has 0 spiro atoms. The van der Waals surface area contributed by atoms with Crippen molar-refractivity contribution in [2.75, 3.05) is 13.7 Å². The largest absolute Gasteiger partial charge is 0.497 e. The van der Waals surface area contributed by atoms with E-state index in [2.05, 4.69) is 41.0 Å². The fourth-order valence-corrected chi connectivity index (χ4v) is 3.01. The number of carbonyl (C=O) groups excluding carboxylic acids is 1. The van der Waals surface area contributed by atoms with Gasteiger partial charge >= 0.3 is 0 Å². The van der Waals surface area contributed by atoms with E-state index < -0.39 is 0 Å². The first-order valence-corrected chi connectivity index (χ1v) is 8.51. The van der Waals surface area contributed by atoms with Crippen LogP contribution in [-0.2, 0) is 11.3 Å². The summed E-state index contributed by atoms with van der Waals surface area (Å²) in [5.41, 5.74) is 3.36. The van der Waals surface area contributed by atoms with Gasteiger partial charge in [-0.05, 0) is 48.2 Å². The Hall–Kier alpha value is -2.04. The second-order valence-electron chi connectivity index (χ2n) is 6.15. The maximum atomic E-state index is 12.1. The van der Waals surface area contributed by atoms with Crippen molar-refractivity contribution in [1.29, 1.82) is 0 Å². The molecule has 4 nitrogen and oxygen atoms in total. The molecule has 3 rings (SSSR count). The molecule has 1 heterocycles. The summed E-state index contributed by atoms with van der Waals surface area (Å²) in [4.78, 5) is 12.1. The average Bonchev–Trinajstić information content (AvgIpc) is 2.67. The number of hydrogen-bond acceptors (Lipinski definition) is 3. The molecule has 0 aromatic heterocycles. The molecule has 2 aromatic carbocycles. The molecule has 1 fully saturated rings. The SMILES string of the molecule is COc1cccc(-c2ccc(CNC(=O)C3CCCCN3)cc2)c1.Cl. The molecule has 1 atom stereocenters. The predicted octanol–water partition coefficient (Wildman–Crippen LogP) is 3.54. The number of ether oxygens (including phenoxy) is 1. The smallest absolute Gasteiger partial charge is 0.237 e. The van der Waals surface area contributed by atoms with Crippen molar-refractivity contribution in [2.45, 2.75) is 31.8 Å². The number of methoxy groups -OCH3 is 1. The first kappa shape index (κ1) is 19.3. The molecule has 2 N–H and O–H groups in total. The summed E-state index contributed by atoms with van der Waals surface area (Å²) in [6.45, 7) is 1.50. The highest BCUT2D eigenvalue weighted by Crippen LogP contribution is 2.24. The number of rotatable bonds is 5. The third kappa shape index (κ3) is 5.21. The van der Waals surface area contributed by atoms with Crippen LogP contribution in [0.15, 0.2) is 48.5 Å². The standard InChI is InChI=1S/C20H24N2O2.ClH/c1-24-18-6-4-5-17(13-18)16-10-8-15(9-11-16)14-22-20(23)19-7-2-3-12-21-19;/h4-6,8-11,13,19,21H,2-3,7,12,14H2,1H3,(H,22,23);1H. The normalized spacial score (nSPS) is 16.6. The molecule has 0 bridgehead atoms. The maximum Gasteiger partial charge on any atom is 0.237 e. The zero-order valence-corrected chi connectivity index (χ0v) is 15.3. The lowest BCUT2D eigenvalue weighted by Crippen LogP contribution is -2.46. The van der Waals surface area contributed by atoms with E-state index in [-0.39, 0.29) is 24.4 Å². The molecule has 25 heavy (non-hydrogen) atoms. The van der Waals surface area contributed by atoms with Crippen LogP contribution in [0.25, 0.3) is 11.1 Å². The van der Waals surface area contributed by atoms with Crippen molar-refractivity contribution in [1.82, 2.24) is 10.6 Å². The summed E-state index contributed by atoms with van der Waals surface area (Å²) in [7, 11) is 1.67. The van der Waals surface area contributed by atoms with Crippen LogP contribution in [-0.4, -0.2) is 25.6 Å². The molecular formula is C20H25ClN2O2. The Morgan fingerprint density at radius 3 is 2.64 bits per heavy atom. The van der Waals surface area contributed by atoms with Crippen LogP contribution in [0, 0.1) is 0 Å². The zero-order valence-electron chi connectivity index (χ0n) is 14.5. The van der Waals surface area contributed by atoms with Gasteiger partial charge in [0.05, 0.1) is 13.2 Å². The minimum Gasteiger partial charge on any atom is -0.497 e. The van der Waals surface area contributed by atoms with E-state index in [1.54, 1.807) is 7.11 Å². The summed E-state index contributed by atoms with van der Waals surface area (Å²) in [6.07, 6.45) is 3.22. The fourth-order valence-electron chi connectivity index (χ4n) is 3.01. The van der Waals surface area contributed by atoms with Gasteiger partial charge in [-0.1, -0.05) is 42.8 Å². The second-order valence-corrected chi connectivity index (χ2v) is 6.15. The van der Waals surface area contributed by atoms with Gasteiger partial charge in [-0.3, -0.25) is 4.79 Å². The van der Waals surface area contributed by atoms with Crippen LogP contribution >= 0.6 is 12.4 Å². The number of amides is 1. The number of halogens is 1. The van der Waals surface area contributed by atoms with Gasteiger partial charge in [0.15, 0.2) is 0 Å². The molecule has 2 aromatic rings. The fraction of sp³-hybridized carbons (Fsp3) is 0.350. The molecule has 1 amide bonds. The lowest BCUT2D eigenvalue weighted by atomic mass is 10.0. The van der Waals surface area contributed by atoms with E-state index in [0.717, 1.165) is 48.2 Å². The summed E-state index contributed by atoms with van der Waals surface area (Å²) in [5, 5.41) is 6.30. The van der Waals surface area contributed by atoms with Crippen molar-refractivity contribution in [3.05, 3.63) is 54.1 Å².